The predicted octanol–water partition coefficient (Wildman–Crippen LogP) is 1.26. The van der Waals surface area contributed by atoms with Crippen molar-refractivity contribution in [1.82, 2.24) is 10.2 Å². The molecule has 1 aromatic carbocycles. The molecule has 3 N–H and O–H groups in total. The molecule has 0 aromatic heterocycles. The summed E-state index contributed by atoms with van der Waals surface area (Å²) in [5.41, 5.74) is 8.33. The molecule has 3 aliphatic rings. The molecule has 2 atom stereocenters. The van der Waals surface area contributed by atoms with Crippen LogP contribution in [0.3, 0.4) is 0 Å². The fourth-order valence-corrected chi connectivity index (χ4v) is 4.29. The van der Waals surface area contributed by atoms with E-state index in [1.165, 1.54) is 0 Å². The summed E-state index contributed by atoms with van der Waals surface area (Å²) in [4.78, 5) is 38.0. The Morgan fingerprint density at radius 2 is 2.11 bits per heavy atom. The van der Waals surface area contributed by atoms with E-state index in [-0.39, 0.29) is 36.1 Å². The zero-order valence-corrected chi connectivity index (χ0v) is 16.1. The molecule has 27 heavy (non-hydrogen) atoms. The molecule has 7 nitrogen and oxygen atoms in total. The Hall–Kier alpha value is -2.12. The Kier molecular flexibility index (Phi) is 5.18. The quantitative estimate of drug-likeness (QED) is 0.753. The van der Waals surface area contributed by atoms with Gasteiger partial charge in [-0.2, -0.15) is 0 Å². The average Bonchev–Trinajstić information content (AvgIpc) is 2.90. The number of benzene rings is 1. The van der Waals surface area contributed by atoms with E-state index in [0.717, 1.165) is 29.7 Å². The summed E-state index contributed by atoms with van der Waals surface area (Å²) in [5.74, 6) is -0.107. The smallest absolute Gasteiger partial charge is 0.255 e. The molecule has 146 valence electrons. The van der Waals surface area contributed by atoms with E-state index in [4.69, 9.17) is 10.5 Å². The van der Waals surface area contributed by atoms with Crippen molar-refractivity contribution in [2.45, 2.75) is 50.6 Å². The zero-order valence-electron chi connectivity index (χ0n) is 15.2. The van der Waals surface area contributed by atoms with Crippen LogP contribution >= 0.6 is 12.4 Å². The number of carbonyl (C=O) groups excluding carboxylic acids is 3. The first-order chi connectivity index (χ1) is 12.4. The van der Waals surface area contributed by atoms with Crippen LogP contribution in [0.2, 0.25) is 0 Å². The topological polar surface area (TPSA) is 102 Å². The summed E-state index contributed by atoms with van der Waals surface area (Å²) in [7, 11) is 0. The van der Waals surface area contributed by atoms with Crippen LogP contribution in [0, 0.1) is 0 Å². The number of nitrogens with zero attached hydrogens (tertiary/aromatic N) is 1. The lowest BCUT2D eigenvalue weighted by molar-refractivity contribution is -0.136. The van der Waals surface area contributed by atoms with Gasteiger partial charge in [-0.05, 0) is 43.5 Å². The number of nitrogens with two attached hydrogens (primary N) is 1. The lowest BCUT2D eigenvalue weighted by Gasteiger charge is -2.36. The standard InChI is InChI=1S/C19H23N3O4.ClH/c1-19(4-6-20)5-7-26-15-9-12-11(8-13(15)19)10-22(18(12)25)14-2-3-16(23)21-17(14)24;/h8-9,14H,2-7,10,20H2,1H3,(H,21,23,24);1H. The van der Waals surface area contributed by atoms with Gasteiger partial charge in [0.1, 0.15) is 11.8 Å². The van der Waals surface area contributed by atoms with Crippen LogP contribution in [-0.4, -0.2) is 41.8 Å². The number of ether oxygens (including phenoxy) is 1. The van der Waals surface area contributed by atoms with E-state index >= 15 is 0 Å². The number of amides is 3. The summed E-state index contributed by atoms with van der Waals surface area (Å²) in [6.07, 6.45) is 2.37. The Bertz CT molecular complexity index is 812. The monoisotopic (exact) mass is 393 g/mol. The van der Waals surface area contributed by atoms with Crippen molar-refractivity contribution in [2.75, 3.05) is 13.2 Å². The van der Waals surface area contributed by atoms with Gasteiger partial charge in [-0.3, -0.25) is 19.7 Å². The van der Waals surface area contributed by atoms with Crippen LogP contribution in [0.1, 0.15) is 54.1 Å². The van der Waals surface area contributed by atoms with Gasteiger partial charge in [0, 0.05) is 29.5 Å². The minimum absolute atomic E-state index is 0. The Morgan fingerprint density at radius 1 is 1.33 bits per heavy atom. The van der Waals surface area contributed by atoms with Crippen molar-refractivity contribution >= 4 is 30.1 Å². The molecule has 3 heterocycles. The zero-order chi connectivity index (χ0) is 18.5. The number of halogens is 1. The van der Waals surface area contributed by atoms with Gasteiger partial charge < -0.3 is 15.4 Å². The van der Waals surface area contributed by atoms with E-state index in [0.29, 0.717) is 31.7 Å². The van der Waals surface area contributed by atoms with Gasteiger partial charge in [0.15, 0.2) is 0 Å². The number of piperidine rings is 1. The highest BCUT2D eigenvalue weighted by molar-refractivity contribution is 6.05. The average molecular weight is 394 g/mol. The Morgan fingerprint density at radius 3 is 2.81 bits per heavy atom. The van der Waals surface area contributed by atoms with Crippen molar-refractivity contribution in [3.05, 3.63) is 28.8 Å². The van der Waals surface area contributed by atoms with E-state index in [2.05, 4.69) is 12.2 Å². The third kappa shape index (κ3) is 3.19. The first kappa shape index (κ1) is 19.6. The summed E-state index contributed by atoms with van der Waals surface area (Å²) in [6, 6.07) is 3.26. The summed E-state index contributed by atoms with van der Waals surface area (Å²) in [5, 5.41) is 2.33. The molecule has 0 radical (unpaired) electrons. The van der Waals surface area contributed by atoms with Crippen molar-refractivity contribution in [1.29, 1.82) is 0 Å². The summed E-state index contributed by atoms with van der Waals surface area (Å²) in [6.45, 7) is 3.76. The number of imide groups is 1. The van der Waals surface area contributed by atoms with Crippen LogP contribution in [0.5, 0.6) is 5.75 Å². The fraction of sp³-hybridized carbons (Fsp3) is 0.526. The third-order valence-corrected chi connectivity index (χ3v) is 5.88. The van der Waals surface area contributed by atoms with Crippen molar-refractivity contribution in [3.63, 3.8) is 0 Å². The number of carbonyl (C=O) groups is 3. The summed E-state index contributed by atoms with van der Waals surface area (Å²) < 4.78 is 5.82. The Balaban J connectivity index is 0.00000210. The van der Waals surface area contributed by atoms with Crippen molar-refractivity contribution in [2.24, 2.45) is 5.73 Å². The molecule has 3 aliphatic heterocycles. The normalized spacial score (nSPS) is 26.7. The third-order valence-electron chi connectivity index (χ3n) is 5.88. The van der Waals surface area contributed by atoms with Crippen molar-refractivity contribution in [3.8, 4) is 5.75 Å². The van der Waals surface area contributed by atoms with Crippen LogP contribution in [0.15, 0.2) is 12.1 Å². The van der Waals surface area contributed by atoms with Gasteiger partial charge in [-0.1, -0.05) is 6.92 Å². The van der Waals surface area contributed by atoms with E-state index in [1.54, 1.807) is 4.90 Å². The number of fused-ring (bicyclic) bond motifs is 2. The molecule has 1 fully saturated rings. The van der Waals surface area contributed by atoms with Gasteiger partial charge in [0.2, 0.25) is 11.8 Å². The fourth-order valence-electron chi connectivity index (χ4n) is 4.29. The molecule has 0 bridgehead atoms. The number of nitrogens with one attached hydrogen (secondary N) is 1. The molecular formula is C19H24ClN3O4. The van der Waals surface area contributed by atoms with Gasteiger partial charge in [0.25, 0.3) is 5.91 Å². The van der Waals surface area contributed by atoms with Crippen LogP contribution in [-0.2, 0) is 21.5 Å². The molecule has 1 aromatic rings. The second-order valence-corrected chi connectivity index (χ2v) is 7.60. The molecule has 0 spiro atoms. The highest BCUT2D eigenvalue weighted by Gasteiger charge is 2.41. The lowest BCUT2D eigenvalue weighted by Crippen LogP contribution is -2.52. The van der Waals surface area contributed by atoms with Gasteiger partial charge in [-0.25, -0.2) is 0 Å². The largest absolute Gasteiger partial charge is 0.493 e. The highest BCUT2D eigenvalue weighted by atomic mass is 35.5. The maximum atomic E-state index is 12.9. The highest BCUT2D eigenvalue weighted by Crippen LogP contribution is 2.44. The number of rotatable bonds is 3. The molecule has 3 amide bonds. The van der Waals surface area contributed by atoms with E-state index in [1.807, 2.05) is 12.1 Å². The molecule has 2 unspecified atom stereocenters. The van der Waals surface area contributed by atoms with Crippen LogP contribution in [0.4, 0.5) is 0 Å². The van der Waals surface area contributed by atoms with E-state index < -0.39 is 11.9 Å². The molecular weight excluding hydrogens is 370 g/mol. The number of hydrogen-bond donors (Lipinski definition) is 2. The predicted molar refractivity (Wildman–Crippen MR) is 101 cm³/mol. The number of hydrogen-bond acceptors (Lipinski definition) is 5. The molecule has 4 rings (SSSR count). The molecule has 0 aliphatic carbocycles. The lowest BCUT2D eigenvalue weighted by atomic mass is 9.74. The molecule has 8 heteroatoms. The van der Waals surface area contributed by atoms with Crippen LogP contribution in [0.25, 0.3) is 0 Å². The van der Waals surface area contributed by atoms with Gasteiger partial charge in [-0.15, -0.1) is 12.4 Å². The first-order valence-corrected chi connectivity index (χ1v) is 9.08. The summed E-state index contributed by atoms with van der Waals surface area (Å²) >= 11 is 0. The Labute approximate surface area is 164 Å². The first-order valence-electron chi connectivity index (χ1n) is 9.08. The van der Waals surface area contributed by atoms with Crippen LogP contribution < -0.4 is 15.8 Å². The molecule has 1 saturated heterocycles. The van der Waals surface area contributed by atoms with Gasteiger partial charge >= 0.3 is 0 Å². The minimum Gasteiger partial charge on any atom is -0.493 e. The maximum absolute atomic E-state index is 12.9. The van der Waals surface area contributed by atoms with E-state index in [9.17, 15) is 14.4 Å². The van der Waals surface area contributed by atoms with Crippen molar-refractivity contribution < 1.29 is 19.1 Å². The second-order valence-electron chi connectivity index (χ2n) is 7.60. The van der Waals surface area contributed by atoms with Gasteiger partial charge in [0.05, 0.1) is 6.61 Å². The minimum atomic E-state index is -0.596. The second kappa shape index (κ2) is 7.13. The maximum Gasteiger partial charge on any atom is 0.255 e. The SMILES string of the molecule is CC1(CCN)CCOc2cc3c(cc21)CN(C1CCC(=O)NC1=O)C3=O.Cl. The molecule has 0 saturated carbocycles.